The van der Waals surface area contributed by atoms with Gasteiger partial charge in [-0.1, -0.05) is 0 Å². The van der Waals surface area contributed by atoms with Gasteiger partial charge in [-0.2, -0.15) is 0 Å². The number of H-pyrrole nitrogens is 2. The van der Waals surface area contributed by atoms with Gasteiger partial charge in [-0.15, -0.1) is 0 Å². The summed E-state index contributed by atoms with van der Waals surface area (Å²) in [5, 5.41) is 5.08. The van der Waals surface area contributed by atoms with Gasteiger partial charge in [0, 0.05) is 12.7 Å². The fourth-order valence-corrected chi connectivity index (χ4v) is 2.77. The molecule has 1 aliphatic carbocycles. The maximum atomic E-state index is 11.8. The Morgan fingerprint density at radius 2 is 1.96 bits per heavy atom. The van der Waals surface area contributed by atoms with Crippen LogP contribution in [-0.4, -0.2) is 35.1 Å². The standard InChI is InChI=1S/C15H22N4O5/c1-2-24-13(21)10-5-3-9(4-6-10)7-16-14(22)18-11-8-17-15(23)19-12(11)20/h8-10H,2-7H2,1H3,(H2,16,18,22)(H2,17,19,20,23). The highest BCUT2D eigenvalue weighted by molar-refractivity contribution is 5.88. The molecule has 2 rings (SSSR count). The molecule has 9 heteroatoms. The predicted octanol–water partition coefficient (Wildman–Crippen LogP) is 0.554. The molecule has 1 aromatic heterocycles. The Kier molecular flexibility index (Phi) is 6.16. The van der Waals surface area contributed by atoms with Crippen molar-refractivity contribution >= 4 is 17.7 Å². The second-order valence-corrected chi connectivity index (χ2v) is 5.79. The fourth-order valence-electron chi connectivity index (χ4n) is 2.77. The van der Waals surface area contributed by atoms with Crippen LogP contribution >= 0.6 is 0 Å². The zero-order valence-electron chi connectivity index (χ0n) is 13.5. The first kappa shape index (κ1) is 17.8. The van der Waals surface area contributed by atoms with Crippen LogP contribution in [0.4, 0.5) is 10.5 Å². The minimum Gasteiger partial charge on any atom is -0.466 e. The molecule has 0 bridgehead atoms. The second kappa shape index (κ2) is 8.32. The van der Waals surface area contributed by atoms with Crippen molar-refractivity contribution in [3.05, 3.63) is 27.0 Å². The molecule has 4 N–H and O–H groups in total. The summed E-state index contributed by atoms with van der Waals surface area (Å²) in [6.07, 6.45) is 4.33. The Labute approximate surface area is 138 Å². The smallest absolute Gasteiger partial charge is 0.325 e. The van der Waals surface area contributed by atoms with Crippen molar-refractivity contribution in [2.75, 3.05) is 18.5 Å². The van der Waals surface area contributed by atoms with Crippen LogP contribution in [0.2, 0.25) is 0 Å². The Morgan fingerprint density at radius 1 is 1.25 bits per heavy atom. The first-order valence-corrected chi connectivity index (χ1v) is 8.03. The lowest BCUT2D eigenvalue weighted by Crippen LogP contribution is -2.37. The van der Waals surface area contributed by atoms with Crippen LogP contribution in [0.3, 0.4) is 0 Å². The zero-order chi connectivity index (χ0) is 17.5. The van der Waals surface area contributed by atoms with E-state index in [-0.39, 0.29) is 23.5 Å². The summed E-state index contributed by atoms with van der Waals surface area (Å²) in [6, 6.07) is -0.514. The Hall–Kier alpha value is -2.58. The number of hydrogen-bond donors (Lipinski definition) is 4. The highest BCUT2D eigenvalue weighted by Gasteiger charge is 2.27. The Balaban J connectivity index is 1.74. The lowest BCUT2D eigenvalue weighted by atomic mass is 9.82. The molecule has 24 heavy (non-hydrogen) atoms. The molecule has 1 heterocycles. The predicted molar refractivity (Wildman–Crippen MR) is 86.8 cm³/mol. The average molecular weight is 338 g/mol. The third-order valence-corrected chi connectivity index (χ3v) is 4.09. The number of anilines is 1. The molecule has 1 fully saturated rings. The van der Waals surface area contributed by atoms with Crippen molar-refractivity contribution in [2.45, 2.75) is 32.6 Å². The van der Waals surface area contributed by atoms with Gasteiger partial charge in [0.25, 0.3) is 5.56 Å². The van der Waals surface area contributed by atoms with Gasteiger partial charge in [-0.3, -0.25) is 14.6 Å². The highest BCUT2D eigenvalue weighted by Crippen LogP contribution is 2.29. The molecule has 1 saturated carbocycles. The number of esters is 1. The van der Waals surface area contributed by atoms with Crippen molar-refractivity contribution in [2.24, 2.45) is 11.8 Å². The van der Waals surface area contributed by atoms with Crippen LogP contribution in [0.25, 0.3) is 0 Å². The first-order chi connectivity index (χ1) is 11.5. The van der Waals surface area contributed by atoms with Crippen LogP contribution in [0.5, 0.6) is 0 Å². The van der Waals surface area contributed by atoms with Crippen molar-refractivity contribution < 1.29 is 14.3 Å². The quantitative estimate of drug-likeness (QED) is 0.582. The number of carbonyl (C=O) groups is 2. The fraction of sp³-hybridized carbons (Fsp3) is 0.600. The van der Waals surface area contributed by atoms with E-state index in [1.54, 1.807) is 6.92 Å². The number of urea groups is 1. The number of rotatable bonds is 5. The lowest BCUT2D eigenvalue weighted by Gasteiger charge is -2.27. The summed E-state index contributed by atoms with van der Waals surface area (Å²) in [7, 11) is 0. The molecule has 1 aliphatic rings. The van der Waals surface area contributed by atoms with E-state index in [4.69, 9.17) is 4.74 Å². The number of amides is 2. The first-order valence-electron chi connectivity index (χ1n) is 8.03. The number of aromatic amines is 2. The molecule has 0 spiro atoms. The number of carbonyl (C=O) groups excluding carboxylic acids is 2. The van der Waals surface area contributed by atoms with Gasteiger partial charge in [0.1, 0.15) is 5.69 Å². The normalized spacial score (nSPS) is 20.2. The van der Waals surface area contributed by atoms with Gasteiger partial charge >= 0.3 is 17.7 Å². The molecule has 0 aliphatic heterocycles. The van der Waals surface area contributed by atoms with Gasteiger partial charge in [-0.25, -0.2) is 9.59 Å². The third kappa shape index (κ3) is 4.97. The Bertz CT molecular complexity index is 688. The summed E-state index contributed by atoms with van der Waals surface area (Å²) in [5.74, 6) is 0.101. The monoisotopic (exact) mass is 338 g/mol. The molecule has 1 aromatic rings. The van der Waals surface area contributed by atoms with E-state index in [0.29, 0.717) is 13.2 Å². The van der Waals surface area contributed by atoms with E-state index in [9.17, 15) is 19.2 Å². The summed E-state index contributed by atoms with van der Waals surface area (Å²) in [6.45, 7) is 2.65. The highest BCUT2D eigenvalue weighted by atomic mass is 16.5. The lowest BCUT2D eigenvalue weighted by molar-refractivity contribution is -0.149. The number of hydrogen-bond acceptors (Lipinski definition) is 5. The summed E-state index contributed by atoms with van der Waals surface area (Å²) in [4.78, 5) is 50.2. The zero-order valence-corrected chi connectivity index (χ0v) is 13.5. The molecular formula is C15H22N4O5. The van der Waals surface area contributed by atoms with Gasteiger partial charge in [0.2, 0.25) is 0 Å². The van der Waals surface area contributed by atoms with E-state index in [1.807, 2.05) is 4.98 Å². The molecule has 0 atom stereocenters. The van der Waals surface area contributed by atoms with E-state index < -0.39 is 17.3 Å². The minimum absolute atomic E-state index is 0.0295. The summed E-state index contributed by atoms with van der Waals surface area (Å²) < 4.78 is 5.02. The second-order valence-electron chi connectivity index (χ2n) is 5.79. The maximum Gasteiger partial charge on any atom is 0.325 e. The molecule has 9 nitrogen and oxygen atoms in total. The molecule has 0 aromatic carbocycles. The molecule has 0 unspecified atom stereocenters. The van der Waals surface area contributed by atoms with Crippen LogP contribution < -0.4 is 21.9 Å². The van der Waals surface area contributed by atoms with Gasteiger partial charge in [0.05, 0.1) is 12.5 Å². The number of nitrogens with one attached hydrogen (secondary N) is 4. The van der Waals surface area contributed by atoms with Crippen molar-refractivity contribution in [1.82, 2.24) is 15.3 Å². The third-order valence-electron chi connectivity index (χ3n) is 4.09. The van der Waals surface area contributed by atoms with Crippen molar-refractivity contribution in [3.63, 3.8) is 0 Å². The Morgan fingerprint density at radius 3 is 2.58 bits per heavy atom. The maximum absolute atomic E-state index is 11.8. The summed E-state index contributed by atoms with van der Waals surface area (Å²) in [5.41, 5.74) is -1.33. The van der Waals surface area contributed by atoms with Crippen molar-refractivity contribution in [1.29, 1.82) is 0 Å². The van der Waals surface area contributed by atoms with Crippen LogP contribution in [0.1, 0.15) is 32.6 Å². The molecule has 2 amide bonds. The largest absolute Gasteiger partial charge is 0.466 e. The van der Waals surface area contributed by atoms with Gasteiger partial charge < -0.3 is 20.4 Å². The SMILES string of the molecule is CCOC(=O)C1CCC(CNC(=O)Nc2c[nH]c(=O)[nH]c2=O)CC1. The van der Waals surface area contributed by atoms with Crippen LogP contribution in [0, 0.1) is 11.8 Å². The molecule has 132 valence electrons. The topological polar surface area (TPSA) is 133 Å². The van der Waals surface area contributed by atoms with E-state index >= 15 is 0 Å². The van der Waals surface area contributed by atoms with E-state index in [2.05, 4.69) is 15.6 Å². The van der Waals surface area contributed by atoms with Gasteiger partial charge in [0.15, 0.2) is 0 Å². The average Bonchev–Trinajstić information content (AvgIpc) is 2.56. The van der Waals surface area contributed by atoms with E-state index in [0.717, 1.165) is 31.9 Å². The summed E-state index contributed by atoms with van der Waals surface area (Å²) >= 11 is 0. The molecule has 0 radical (unpaired) electrons. The van der Waals surface area contributed by atoms with Gasteiger partial charge in [-0.05, 0) is 38.5 Å². The number of aromatic nitrogens is 2. The molecular weight excluding hydrogens is 316 g/mol. The van der Waals surface area contributed by atoms with E-state index in [1.165, 1.54) is 0 Å². The van der Waals surface area contributed by atoms with Crippen LogP contribution in [-0.2, 0) is 9.53 Å². The molecule has 0 saturated heterocycles. The number of ether oxygens (including phenoxy) is 1. The van der Waals surface area contributed by atoms with Crippen molar-refractivity contribution in [3.8, 4) is 0 Å². The minimum atomic E-state index is -0.663. The van der Waals surface area contributed by atoms with Crippen LogP contribution in [0.15, 0.2) is 15.8 Å².